The van der Waals surface area contributed by atoms with Crippen molar-refractivity contribution in [2.24, 2.45) is 7.05 Å². The third-order valence-corrected chi connectivity index (χ3v) is 6.48. The second kappa shape index (κ2) is 10.1. The molecule has 0 saturated carbocycles. The van der Waals surface area contributed by atoms with Crippen LogP contribution in [-0.4, -0.2) is 59.3 Å². The van der Waals surface area contributed by atoms with E-state index in [0.29, 0.717) is 5.16 Å². The maximum Gasteiger partial charge on any atom is 0.237 e. The highest BCUT2D eigenvalue weighted by atomic mass is 32.2. The van der Waals surface area contributed by atoms with E-state index >= 15 is 0 Å². The molecule has 2 aromatic carbocycles. The summed E-state index contributed by atoms with van der Waals surface area (Å²) in [6.07, 6.45) is 0. The first-order valence-corrected chi connectivity index (χ1v) is 11.4. The number of hydrogen-bond acceptors (Lipinski definition) is 7. The Morgan fingerprint density at radius 2 is 1.78 bits per heavy atom. The zero-order valence-electron chi connectivity index (χ0n) is 18.4. The van der Waals surface area contributed by atoms with Crippen molar-refractivity contribution in [3.63, 3.8) is 0 Å². The van der Waals surface area contributed by atoms with Crippen molar-refractivity contribution in [3.8, 4) is 17.1 Å². The van der Waals surface area contributed by atoms with Crippen LogP contribution in [0.15, 0.2) is 53.7 Å². The number of amides is 1. The predicted molar refractivity (Wildman–Crippen MR) is 126 cm³/mol. The quantitative estimate of drug-likeness (QED) is 0.549. The molecule has 1 saturated heterocycles. The van der Waals surface area contributed by atoms with E-state index in [1.54, 1.807) is 7.11 Å². The number of hydrogen-bond donors (Lipinski definition) is 1. The van der Waals surface area contributed by atoms with Crippen molar-refractivity contribution in [3.05, 3.63) is 48.5 Å². The Labute approximate surface area is 191 Å². The van der Waals surface area contributed by atoms with Gasteiger partial charge in [-0.2, -0.15) is 0 Å². The summed E-state index contributed by atoms with van der Waals surface area (Å²) < 4.78 is 12.5. The lowest BCUT2D eigenvalue weighted by atomic mass is 10.2. The number of methoxy groups -OCH3 is 1. The lowest BCUT2D eigenvalue weighted by Crippen LogP contribution is -2.36. The van der Waals surface area contributed by atoms with E-state index in [4.69, 9.17) is 9.47 Å². The standard InChI is InChI=1S/C23H27N5O3S/c1-16(22(29)24-18-6-8-19(9-7-18)28-12-14-31-15-13-28)32-23-26-25-21(27(23)2)17-4-10-20(30-3)11-5-17/h4-11,16H,12-15H2,1-3H3,(H,24,29)/t16-/m0/s1. The molecular weight excluding hydrogens is 426 g/mol. The Morgan fingerprint density at radius 3 is 2.44 bits per heavy atom. The molecule has 168 valence electrons. The first kappa shape index (κ1) is 22.2. The third-order valence-electron chi connectivity index (χ3n) is 5.35. The van der Waals surface area contributed by atoms with Crippen LogP contribution in [0, 0.1) is 0 Å². The van der Waals surface area contributed by atoms with Crippen LogP contribution < -0.4 is 15.0 Å². The van der Waals surface area contributed by atoms with Gasteiger partial charge in [0, 0.05) is 37.1 Å². The van der Waals surface area contributed by atoms with Gasteiger partial charge in [0.2, 0.25) is 5.91 Å². The van der Waals surface area contributed by atoms with E-state index in [-0.39, 0.29) is 11.2 Å². The van der Waals surface area contributed by atoms with Gasteiger partial charge in [0.15, 0.2) is 11.0 Å². The molecule has 3 aromatic rings. The smallest absolute Gasteiger partial charge is 0.237 e. The summed E-state index contributed by atoms with van der Waals surface area (Å²) >= 11 is 1.38. The summed E-state index contributed by atoms with van der Waals surface area (Å²) in [5.74, 6) is 1.44. The molecule has 1 N–H and O–H groups in total. The van der Waals surface area contributed by atoms with E-state index in [0.717, 1.165) is 54.8 Å². The fraction of sp³-hybridized carbons (Fsp3) is 0.348. The minimum absolute atomic E-state index is 0.0804. The molecule has 8 nitrogen and oxygen atoms in total. The maximum atomic E-state index is 12.7. The van der Waals surface area contributed by atoms with Crippen molar-refractivity contribution >= 4 is 29.0 Å². The zero-order valence-corrected chi connectivity index (χ0v) is 19.3. The number of rotatable bonds is 7. The molecule has 0 unspecified atom stereocenters. The van der Waals surface area contributed by atoms with Gasteiger partial charge in [0.05, 0.1) is 25.6 Å². The van der Waals surface area contributed by atoms with Crippen LogP contribution in [-0.2, 0) is 16.6 Å². The van der Waals surface area contributed by atoms with Gasteiger partial charge in [-0.25, -0.2) is 0 Å². The minimum Gasteiger partial charge on any atom is -0.497 e. The molecule has 1 aliphatic heterocycles. The number of benzene rings is 2. The molecule has 4 rings (SSSR count). The first-order valence-electron chi connectivity index (χ1n) is 10.5. The van der Waals surface area contributed by atoms with Crippen LogP contribution in [0.1, 0.15) is 6.92 Å². The van der Waals surface area contributed by atoms with Crippen LogP contribution in [0.3, 0.4) is 0 Å². The Bertz CT molecular complexity index is 1050. The molecule has 2 heterocycles. The number of aromatic nitrogens is 3. The molecule has 1 aliphatic rings. The molecule has 1 amide bonds. The van der Waals surface area contributed by atoms with E-state index in [9.17, 15) is 4.79 Å². The fourth-order valence-electron chi connectivity index (χ4n) is 3.44. The van der Waals surface area contributed by atoms with Gasteiger partial charge in [-0.05, 0) is 55.5 Å². The summed E-state index contributed by atoms with van der Waals surface area (Å²) in [7, 11) is 3.54. The topological polar surface area (TPSA) is 81.5 Å². The molecule has 32 heavy (non-hydrogen) atoms. The number of carbonyl (C=O) groups is 1. The lowest BCUT2D eigenvalue weighted by Gasteiger charge is -2.28. The van der Waals surface area contributed by atoms with Gasteiger partial charge >= 0.3 is 0 Å². The summed E-state index contributed by atoms with van der Waals surface area (Å²) in [6.45, 7) is 5.12. The normalized spacial score (nSPS) is 14.8. The largest absolute Gasteiger partial charge is 0.497 e. The Hall–Kier alpha value is -3.04. The van der Waals surface area contributed by atoms with Crippen molar-refractivity contribution in [1.29, 1.82) is 0 Å². The van der Waals surface area contributed by atoms with Crippen molar-refractivity contribution in [2.45, 2.75) is 17.3 Å². The van der Waals surface area contributed by atoms with Crippen LogP contribution in [0.2, 0.25) is 0 Å². The number of thioether (sulfide) groups is 1. The molecule has 9 heteroatoms. The highest BCUT2D eigenvalue weighted by Gasteiger charge is 2.20. The number of morpholine rings is 1. The Balaban J connectivity index is 1.36. The van der Waals surface area contributed by atoms with Crippen molar-refractivity contribution in [1.82, 2.24) is 14.8 Å². The van der Waals surface area contributed by atoms with E-state index < -0.39 is 0 Å². The van der Waals surface area contributed by atoms with E-state index in [1.165, 1.54) is 11.8 Å². The van der Waals surface area contributed by atoms with Crippen LogP contribution >= 0.6 is 11.8 Å². The maximum absolute atomic E-state index is 12.7. The van der Waals surface area contributed by atoms with Gasteiger partial charge < -0.3 is 24.3 Å². The minimum atomic E-state index is -0.333. The monoisotopic (exact) mass is 453 g/mol. The van der Waals surface area contributed by atoms with Crippen LogP contribution in [0.25, 0.3) is 11.4 Å². The summed E-state index contributed by atoms with van der Waals surface area (Å²) in [5, 5.41) is 11.9. The van der Waals surface area contributed by atoms with E-state index in [2.05, 4.69) is 20.4 Å². The van der Waals surface area contributed by atoms with Gasteiger partial charge in [-0.1, -0.05) is 11.8 Å². The predicted octanol–water partition coefficient (Wildman–Crippen LogP) is 3.45. The Morgan fingerprint density at radius 1 is 1.09 bits per heavy atom. The average molecular weight is 454 g/mol. The highest BCUT2D eigenvalue weighted by Crippen LogP contribution is 2.27. The van der Waals surface area contributed by atoms with Crippen molar-refractivity contribution < 1.29 is 14.3 Å². The molecule has 1 fully saturated rings. The van der Waals surface area contributed by atoms with Crippen LogP contribution in [0.5, 0.6) is 5.75 Å². The molecule has 0 radical (unpaired) electrons. The second-order valence-corrected chi connectivity index (χ2v) is 8.80. The first-order chi connectivity index (χ1) is 15.5. The molecule has 0 spiro atoms. The zero-order chi connectivity index (χ0) is 22.5. The summed E-state index contributed by atoms with van der Waals surface area (Å²) in [6, 6.07) is 15.6. The number of carbonyl (C=O) groups excluding carboxylic acids is 1. The number of nitrogens with zero attached hydrogens (tertiary/aromatic N) is 4. The fourth-order valence-corrected chi connectivity index (χ4v) is 4.26. The third kappa shape index (κ3) is 5.05. The van der Waals surface area contributed by atoms with Crippen LogP contribution in [0.4, 0.5) is 11.4 Å². The number of ether oxygens (including phenoxy) is 2. The SMILES string of the molecule is COc1ccc(-c2nnc(S[C@@H](C)C(=O)Nc3ccc(N4CCOCC4)cc3)n2C)cc1. The molecule has 1 atom stereocenters. The Kier molecular flexibility index (Phi) is 6.96. The molecule has 0 aliphatic carbocycles. The lowest BCUT2D eigenvalue weighted by molar-refractivity contribution is -0.115. The molecular formula is C23H27N5O3S. The van der Waals surface area contributed by atoms with Gasteiger partial charge in [-0.3, -0.25) is 4.79 Å². The van der Waals surface area contributed by atoms with E-state index in [1.807, 2.05) is 67.1 Å². The summed E-state index contributed by atoms with van der Waals surface area (Å²) in [4.78, 5) is 15.0. The van der Waals surface area contributed by atoms with Gasteiger partial charge in [-0.15, -0.1) is 10.2 Å². The molecule has 0 bridgehead atoms. The van der Waals surface area contributed by atoms with Crippen molar-refractivity contribution in [2.75, 3.05) is 43.6 Å². The average Bonchev–Trinajstić information content (AvgIpc) is 3.20. The summed E-state index contributed by atoms with van der Waals surface area (Å²) in [5.41, 5.74) is 2.85. The molecule has 1 aromatic heterocycles. The highest BCUT2D eigenvalue weighted by molar-refractivity contribution is 8.00. The van der Waals surface area contributed by atoms with Gasteiger partial charge in [0.1, 0.15) is 5.75 Å². The number of anilines is 2. The number of nitrogens with one attached hydrogen (secondary N) is 1. The second-order valence-electron chi connectivity index (χ2n) is 7.49. The van der Waals surface area contributed by atoms with Gasteiger partial charge in [0.25, 0.3) is 0 Å².